The average molecular weight is 677 g/mol. The number of hydrogen-bond acceptors (Lipinski definition) is 10. The molecule has 4 atom stereocenters. The van der Waals surface area contributed by atoms with Gasteiger partial charge in [-0.3, -0.25) is 43.2 Å². The third-order valence-electron chi connectivity index (χ3n) is 8.46. The van der Waals surface area contributed by atoms with Gasteiger partial charge in [-0.2, -0.15) is 0 Å². The fraction of sp³-hybridized carbons (Fsp3) is 0.722. The lowest BCUT2D eigenvalue weighted by molar-refractivity contribution is -0.130. The Balaban J connectivity index is 4.86. The van der Waals surface area contributed by atoms with E-state index in [1.165, 1.54) is 34.6 Å². The van der Waals surface area contributed by atoms with Crippen molar-refractivity contribution in [2.24, 2.45) is 17.8 Å². The topological polar surface area (TPSA) is 195 Å². The van der Waals surface area contributed by atoms with Gasteiger partial charge in [0.1, 0.15) is 34.7 Å². The smallest absolute Gasteiger partial charge is 0.220 e. The Hall–Kier alpha value is -3.70. The second-order valence-corrected chi connectivity index (χ2v) is 13.2. The standard InChI is InChI=1S/C36H56N2O10/c1-22(2)34(46)10-8-9-11-35(47)37-32(26(6)42)17-15-31(45)21-29(25(5)41)14-19-36(48)38-33(27(7)43)18-16-30(44)20-28(24(4)40)13-12-23(3)39/h22,28-29,32-33H,8-21H2,1-7H3,(H,37,47)(H,38,48)/t28-,29-,32+,33+/m1/s1. The highest BCUT2D eigenvalue weighted by molar-refractivity contribution is 5.91. The molecular formula is C36H56N2O10. The van der Waals surface area contributed by atoms with Gasteiger partial charge in [0.15, 0.2) is 11.6 Å². The summed E-state index contributed by atoms with van der Waals surface area (Å²) in [5, 5.41) is 5.24. The summed E-state index contributed by atoms with van der Waals surface area (Å²) in [5.41, 5.74) is 0. The summed E-state index contributed by atoms with van der Waals surface area (Å²) in [6.07, 6.45) is 1.83. The van der Waals surface area contributed by atoms with Crippen LogP contribution in [0, 0.1) is 17.8 Å². The molecule has 0 aromatic rings. The first-order valence-corrected chi connectivity index (χ1v) is 17.0. The molecule has 0 aromatic carbocycles. The minimum Gasteiger partial charge on any atom is -0.346 e. The number of carbonyl (C=O) groups is 10. The Morgan fingerprint density at radius 2 is 0.854 bits per heavy atom. The monoisotopic (exact) mass is 676 g/mol. The highest BCUT2D eigenvalue weighted by Crippen LogP contribution is 2.18. The fourth-order valence-corrected chi connectivity index (χ4v) is 5.11. The lowest BCUT2D eigenvalue weighted by Crippen LogP contribution is -2.40. The minimum absolute atomic E-state index is 0.0392. The summed E-state index contributed by atoms with van der Waals surface area (Å²) in [4.78, 5) is 122. The quantitative estimate of drug-likeness (QED) is 0.115. The molecule has 0 aliphatic rings. The van der Waals surface area contributed by atoms with E-state index >= 15 is 0 Å². The van der Waals surface area contributed by atoms with Crippen molar-refractivity contribution >= 4 is 58.1 Å². The molecule has 0 unspecified atom stereocenters. The molecular weight excluding hydrogens is 620 g/mol. The number of unbranched alkanes of at least 4 members (excludes halogenated alkanes) is 1. The number of amides is 2. The van der Waals surface area contributed by atoms with Crippen molar-refractivity contribution in [1.29, 1.82) is 0 Å². The summed E-state index contributed by atoms with van der Waals surface area (Å²) in [6, 6.07) is -1.79. The van der Waals surface area contributed by atoms with Gasteiger partial charge in [0, 0.05) is 69.1 Å². The fourth-order valence-electron chi connectivity index (χ4n) is 5.11. The van der Waals surface area contributed by atoms with Gasteiger partial charge in [0.25, 0.3) is 0 Å². The maximum Gasteiger partial charge on any atom is 0.220 e. The van der Waals surface area contributed by atoms with Crippen LogP contribution < -0.4 is 10.6 Å². The molecule has 0 aliphatic heterocycles. The lowest BCUT2D eigenvalue weighted by Gasteiger charge is -2.18. The summed E-state index contributed by atoms with van der Waals surface area (Å²) in [5.74, 6) is -3.89. The molecule has 12 nitrogen and oxygen atoms in total. The van der Waals surface area contributed by atoms with Crippen LogP contribution in [0.2, 0.25) is 0 Å². The normalized spacial score (nSPS) is 13.5. The van der Waals surface area contributed by atoms with Crippen LogP contribution in [-0.2, 0) is 47.9 Å². The third-order valence-corrected chi connectivity index (χ3v) is 8.46. The zero-order valence-electron chi connectivity index (χ0n) is 29.9. The van der Waals surface area contributed by atoms with Crippen LogP contribution in [-0.4, -0.2) is 70.2 Å². The Kier molecular flexibility index (Phi) is 21.8. The first-order valence-electron chi connectivity index (χ1n) is 17.0. The van der Waals surface area contributed by atoms with Gasteiger partial charge in [-0.15, -0.1) is 0 Å². The van der Waals surface area contributed by atoms with E-state index in [1.54, 1.807) is 0 Å². The molecule has 0 fully saturated rings. The van der Waals surface area contributed by atoms with Crippen molar-refractivity contribution in [3.63, 3.8) is 0 Å². The van der Waals surface area contributed by atoms with E-state index in [9.17, 15) is 47.9 Å². The number of hydrogen-bond donors (Lipinski definition) is 2. The predicted molar refractivity (Wildman–Crippen MR) is 179 cm³/mol. The van der Waals surface area contributed by atoms with E-state index < -0.39 is 29.8 Å². The number of Topliss-reactive ketones (excluding diaryl/α,β-unsaturated/α-hetero) is 8. The molecule has 48 heavy (non-hydrogen) atoms. The summed E-state index contributed by atoms with van der Waals surface area (Å²) in [7, 11) is 0. The molecule has 0 bridgehead atoms. The van der Waals surface area contributed by atoms with E-state index in [2.05, 4.69) is 10.6 Å². The van der Waals surface area contributed by atoms with Gasteiger partial charge in [0.2, 0.25) is 11.8 Å². The van der Waals surface area contributed by atoms with Crippen molar-refractivity contribution < 1.29 is 47.9 Å². The Bertz CT molecular complexity index is 1190. The number of ketones is 8. The van der Waals surface area contributed by atoms with Crippen molar-refractivity contribution in [2.45, 2.75) is 150 Å². The molecule has 0 saturated carbocycles. The number of nitrogens with one attached hydrogen (secondary N) is 2. The lowest BCUT2D eigenvalue weighted by atomic mass is 9.90. The molecule has 0 heterocycles. The van der Waals surface area contributed by atoms with Gasteiger partial charge < -0.3 is 15.4 Å². The van der Waals surface area contributed by atoms with Gasteiger partial charge >= 0.3 is 0 Å². The van der Waals surface area contributed by atoms with Crippen molar-refractivity contribution in [3.05, 3.63) is 0 Å². The van der Waals surface area contributed by atoms with Crippen molar-refractivity contribution in [1.82, 2.24) is 10.6 Å². The largest absolute Gasteiger partial charge is 0.346 e. The van der Waals surface area contributed by atoms with Crippen molar-refractivity contribution in [2.75, 3.05) is 0 Å². The van der Waals surface area contributed by atoms with Crippen LogP contribution in [0.3, 0.4) is 0 Å². The van der Waals surface area contributed by atoms with Gasteiger partial charge in [-0.1, -0.05) is 13.8 Å². The maximum absolute atomic E-state index is 12.7. The average Bonchev–Trinajstić information content (AvgIpc) is 2.98. The summed E-state index contributed by atoms with van der Waals surface area (Å²) in [6.45, 7) is 10.3. The molecule has 0 aliphatic carbocycles. The zero-order valence-corrected chi connectivity index (χ0v) is 29.9. The van der Waals surface area contributed by atoms with E-state index in [4.69, 9.17) is 0 Å². The van der Waals surface area contributed by atoms with E-state index in [1.807, 2.05) is 13.8 Å². The Morgan fingerprint density at radius 3 is 1.23 bits per heavy atom. The van der Waals surface area contributed by atoms with Crippen LogP contribution >= 0.6 is 0 Å². The maximum atomic E-state index is 12.7. The SMILES string of the molecule is CC(=O)CC[C@H](CC(=O)CC[C@H](NC(=O)CC[C@H](CC(=O)CC[C@H](NC(=O)CCCCC(=O)C(C)C)C(C)=O)C(C)=O)C(C)=O)C(C)=O. The summed E-state index contributed by atoms with van der Waals surface area (Å²) < 4.78 is 0. The van der Waals surface area contributed by atoms with Crippen LogP contribution in [0.15, 0.2) is 0 Å². The molecule has 270 valence electrons. The van der Waals surface area contributed by atoms with E-state index in [-0.39, 0.29) is 129 Å². The second-order valence-electron chi connectivity index (χ2n) is 13.2. The zero-order chi connectivity index (χ0) is 37.0. The molecule has 12 heteroatoms. The molecule has 0 rings (SSSR count). The van der Waals surface area contributed by atoms with E-state index in [0.29, 0.717) is 19.3 Å². The summed E-state index contributed by atoms with van der Waals surface area (Å²) >= 11 is 0. The first kappa shape index (κ1) is 44.3. The highest BCUT2D eigenvalue weighted by atomic mass is 16.2. The molecule has 2 amide bonds. The Morgan fingerprint density at radius 1 is 0.458 bits per heavy atom. The van der Waals surface area contributed by atoms with Crippen LogP contribution in [0.4, 0.5) is 0 Å². The van der Waals surface area contributed by atoms with Gasteiger partial charge in [0.05, 0.1) is 12.1 Å². The number of rotatable bonds is 28. The van der Waals surface area contributed by atoms with Gasteiger partial charge in [-0.05, 0) is 73.1 Å². The Labute approximate surface area is 284 Å². The van der Waals surface area contributed by atoms with Crippen molar-refractivity contribution in [3.8, 4) is 0 Å². The minimum atomic E-state index is -0.937. The third kappa shape index (κ3) is 20.5. The molecule has 0 saturated heterocycles. The second kappa shape index (κ2) is 23.6. The molecule has 0 aromatic heterocycles. The van der Waals surface area contributed by atoms with Crippen LogP contribution in [0.25, 0.3) is 0 Å². The highest BCUT2D eigenvalue weighted by Gasteiger charge is 2.25. The molecule has 0 radical (unpaired) electrons. The van der Waals surface area contributed by atoms with Crippen LogP contribution in [0.5, 0.6) is 0 Å². The van der Waals surface area contributed by atoms with E-state index in [0.717, 1.165) is 0 Å². The van der Waals surface area contributed by atoms with Gasteiger partial charge in [-0.25, -0.2) is 0 Å². The molecule has 0 spiro atoms. The first-order chi connectivity index (χ1) is 22.3. The number of carbonyl (C=O) groups excluding carboxylic acids is 10. The van der Waals surface area contributed by atoms with Crippen LogP contribution in [0.1, 0.15) is 138 Å². The molecule has 2 N–H and O–H groups in total. The predicted octanol–water partition coefficient (Wildman–Crippen LogP) is 3.96.